The summed E-state index contributed by atoms with van der Waals surface area (Å²) in [5.41, 5.74) is 0.0851. The molecular formula is C33H32F3N5O2S. The number of rotatable bonds is 8. The molecule has 44 heavy (non-hydrogen) atoms. The Labute approximate surface area is 254 Å². The van der Waals surface area contributed by atoms with Gasteiger partial charge >= 0.3 is 6.18 Å². The third-order valence-electron chi connectivity index (χ3n) is 8.18. The molecule has 0 aliphatic carbocycles. The molecule has 1 fully saturated rings. The van der Waals surface area contributed by atoms with Gasteiger partial charge in [0.05, 0.1) is 16.1 Å². The predicted molar refractivity (Wildman–Crippen MR) is 165 cm³/mol. The highest BCUT2D eigenvalue weighted by Gasteiger charge is 2.37. The smallest absolute Gasteiger partial charge is 0.350 e. The van der Waals surface area contributed by atoms with Gasteiger partial charge in [0.2, 0.25) is 5.95 Å². The molecule has 5 aromatic rings. The van der Waals surface area contributed by atoms with Crippen LogP contribution in [0.5, 0.6) is 0 Å². The Balaban J connectivity index is 1.38. The summed E-state index contributed by atoms with van der Waals surface area (Å²) < 4.78 is 71.3. The summed E-state index contributed by atoms with van der Waals surface area (Å²) in [7, 11) is -4.10. The van der Waals surface area contributed by atoms with E-state index in [-0.39, 0.29) is 33.7 Å². The van der Waals surface area contributed by atoms with Crippen LogP contribution in [-0.4, -0.2) is 45.9 Å². The lowest BCUT2D eigenvalue weighted by molar-refractivity contribution is -0.137. The van der Waals surface area contributed by atoms with E-state index < -0.39 is 21.8 Å². The van der Waals surface area contributed by atoms with Gasteiger partial charge in [-0.15, -0.1) is 0 Å². The molecule has 6 rings (SSSR count). The number of anilines is 1. The number of para-hydroxylation sites is 1. The SMILES string of the molecule is CC[C@@H]1CC[C@H](Nc2ncc(C(F)(F)F)c(-c3cn(S(=O)(=O)c4ccccc4)c4ccccc34)n2)CN1Cc1ccccc1. The fourth-order valence-electron chi connectivity index (χ4n) is 5.98. The van der Waals surface area contributed by atoms with Crippen LogP contribution < -0.4 is 5.32 Å². The molecule has 1 saturated heterocycles. The van der Waals surface area contributed by atoms with Crippen LogP contribution in [0.4, 0.5) is 19.1 Å². The summed E-state index contributed by atoms with van der Waals surface area (Å²) in [6.07, 6.45) is -0.0147. The fraction of sp³-hybridized carbons (Fsp3) is 0.273. The van der Waals surface area contributed by atoms with Gasteiger partial charge in [-0.1, -0.05) is 73.7 Å². The summed E-state index contributed by atoms with van der Waals surface area (Å²) in [6.45, 7) is 3.61. The average molecular weight is 620 g/mol. The van der Waals surface area contributed by atoms with Crippen molar-refractivity contribution in [1.29, 1.82) is 0 Å². The second-order valence-electron chi connectivity index (χ2n) is 11.0. The summed E-state index contributed by atoms with van der Waals surface area (Å²) >= 11 is 0. The minimum absolute atomic E-state index is 0.0242. The number of likely N-dealkylation sites (tertiary alicyclic amines) is 1. The first-order valence-corrected chi connectivity index (χ1v) is 16.0. The first-order chi connectivity index (χ1) is 21.1. The predicted octanol–water partition coefficient (Wildman–Crippen LogP) is 7.21. The quantitative estimate of drug-likeness (QED) is 0.198. The Morgan fingerprint density at radius 3 is 2.32 bits per heavy atom. The van der Waals surface area contributed by atoms with Crippen LogP contribution in [0.2, 0.25) is 0 Å². The van der Waals surface area contributed by atoms with Crippen LogP contribution in [-0.2, 0) is 22.7 Å². The lowest BCUT2D eigenvalue weighted by atomic mass is 9.95. The third kappa shape index (κ3) is 5.94. The normalized spacial score (nSPS) is 18.0. The Hall–Kier alpha value is -4.22. The van der Waals surface area contributed by atoms with Gasteiger partial charge in [0.1, 0.15) is 5.56 Å². The van der Waals surface area contributed by atoms with Crippen LogP contribution in [0.3, 0.4) is 0 Å². The van der Waals surface area contributed by atoms with Gasteiger partial charge in [0, 0.05) is 48.5 Å². The van der Waals surface area contributed by atoms with Crippen molar-refractivity contribution in [2.24, 2.45) is 0 Å². The van der Waals surface area contributed by atoms with Gasteiger partial charge < -0.3 is 5.32 Å². The van der Waals surface area contributed by atoms with E-state index in [9.17, 15) is 21.6 Å². The topological polar surface area (TPSA) is 80.1 Å². The van der Waals surface area contributed by atoms with Crippen molar-refractivity contribution in [2.45, 2.75) is 55.9 Å². The third-order valence-corrected chi connectivity index (χ3v) is 9.87. The van der Waals surface area contributed by atoms with E-state index in [2.05, 4.69) is 39.2 Å². The maximum absolute atomic E-state index is 14.3. The van der Waals surface area contributed by atoms with Gasteiger partial charge in [-0.05, 0) is 43.0 Å². The second-order valence-corrected chi connectivity index (χ2v) is 12.8. The van der Waals surface area contributed by atoms with E-state index in [4.69, 9.17) is 0 Å². The van der Waals surface area contributed by atoms with E-state index >= 15 is 0 Å². The lowest BCUT2D eigenvalue weighted by Crippen LogP contribution is -2.47. The number of nitrogens with one attached hydrogen (secondary N) is 1. The summed E-state index contributed by atoms with van der Waals surface area (Å²) in [4.78, 5) is 10.9. The van der Waals surface area contributed by atoms with Crippen LogP contribution in [0.25, 0.3) is 22.2 Å². The van der Waals surface area contributed by atoms with Crippen molar-refractivity contribution in [3.05, 3.63) is 108 Å². The van der Waals surface area contributed by atoms with Gasteiger partial charge in [0.15, 0.2) is 0 Å². The zero-order valence-corrected chi connectivity index (χ0v) is 24.9. The molecular weight excluding hydrogens is 587 g/mol. The first-order valence-electron chi connectivity index (χ1n) is 14.5. The zero-order valence-electron chi connectivity index (χ0n) is 24.1. The number of aromatic nitrogens is 3. The van der Waals surface area contributed by atoms with Crippen LogP contribution in [0.1, 0.15) is 37.3 Å². The van der Waals surface area contributed by atoms with Crippen LogP contribution in [0.15, 0.2) is 102 Å². The molecule has 11 heteroatoms. The van der Waals surface area contributed by atoms with E-state index in [1.54, 1.807) is 42.5 Å². The molecule has 1 N–H and O–H groups in total. The fourth-order valence-corrected chi connectivity index (χ4v) is 7.37. The van der Waals surface area contributed by atoms with E-state index in [1.165, 1.54) is 23.9 Å². The molecule has 0 amide bonds. The number of halogens is 3. The molecule has 3 aromatic carbocycles. The maximum Gasteiger partial charge on any atom is 0.419 e. The van der Waals surface area contributed by atoms with Crippen molar-refractivity contribution in [2.75, 3.05) is 11.9 Å². The summed E-state index contributed by atoms with van der Waals surface area (Å²) in [5.74, 6) is 0.0651. The monoisotopic (exact) mass is 619 g/mol. The molecule has 0 bridgehead atoms. The van der Waals surface area contributed by atoms with Crippen LogP contribution >= 0.6 is 0 Å². The van der Waals surface area contributed by atoms with E-state index in [0.717, 1.165) is 36.0 Å². The Morgan fingerprint density at radius 2 is 1.61 bits per heavy atom. The number of fused-ring (bicyclic) bond motifs is 1. The molecule has 0 radical (unpaired) electrons. The van der Waals surface area contributed by atoms with Crippen molar-refractivity contribution in [3.8, 4) is 11.3 Å². The zero-order chi connectivity index (χ0) is 30.9. The molecule has 1 aliphatic heterocycles. The minimum atomic E-state index is -4.76. The Kier molecular flexibility index (Phi) is 8.17. The maximum atomic E-state index is 14.3. The molecule has 7 nitrogen and oxygen atoms in total. The highest BCUT2D eigenvalue weighted by atomic mass is 32.2. The largest absolute Gasteiger partial charge is 0.419 e. The Morgan fingerprint density at radius 1 is 0.932 bits per heavy atom. The number of alkyl halides is 3. The lowest BCUT2D eigenvalue weighted by Gasteiger charge is -2.39. The number of hydrogen-bond acceptors (Lipinski definition) is 6. The molecule has 0 saturated carbocycles. The van der Waals surface area contributed by atoms with E-state index in [0.29, 0.717) is 18.0 Å². The highest BCUT2D eigenvalue weighted by molar-refractivity contribution is 7.90. The van der Waals surface area contributed by atoms with Crippen molar-refractivity contribution >= 4 is 26.9 Å². The van der Waals surface area contributed by atoms with Gasteiger partial charge in [0.25, 0.3) is 10.0 Å². The minimum Gasteiger partial charge on any atom is -0.350 e. The van der Waals surface area contributed by atoms with Gasteiger partial charge in [-0.2, -0.15) is 13.2 Å². The number of hydrogen-bond donors (Lipinski definition) is 1. The summed E-state index contributed by atoms with van der Waals surface area (Å²) in [6, 6.07) is 24.8. The van der Waals surface area contributed by atoms with Crippen LogP contribution in [0, 0.1) is 0 Å². The van der Waals surface area contributed by atoms with Crippen molar-refractivity contribution in [3.63, 3.8) is 0 Å². The first kappa shape index (κ1) is 29.8. The number of piperidine rings is 1. The molecule has 2 atom stereocenters. The highest BCUT2D eigenvalue weighted by Crippen LogP contribution is 2.40. The Bertz CT molecular complexity index is 1860. The van der Waals surface area contributed by atoms with Gasteiger partial charge in [-0.3, -0.25) is 4.90 Å². The molecule has 3 heterocycles. The average Bonchev–Trinajstić information content (AvgIpc) is 3.42. The molecule has 228 valence electrons. The standard InChI is InChI=1S/C33H32F3N5O2S/c1-2-25-18-17-24(21-40(25)20-23-11-5-3-6-12-23)38-32-37-19-29(33(34,35)36)31(39-32)28-22-41(30-16-10-9-15-27(28)30)44(42,43)26-13-7-4-8-14-26/h3-16,19,22,24-25H,2,17-18,20-21H2,1H3,(H,37,38,39)/t24-,25+/m0/s1. The van der Waals surface area contributed by atoms with E-state index in [1.807, 2.05) is 18.2 Å². The van der Waals surface area contributed by atoms with Crippen molar-refractivity contribution in [1.82, 2.24) is 18.8 Å². The number of benzene rings is 3. The second kappa shape index (κ2) is 12.0. The molecule has 1 aliphatic rings. The molecule has 0 spiro atoms. The summed E-state index contributed by atoms with van der Waals surface area (Å²) in [5, 5.41) is 3.62. The molecule has 0 unspecified atom stereocenters. The van der Waals surface area contributed by atoms with Gasteiger partial charge in [-0.25, -0.2) is 22.4 Å². The number of nitrogens with zero attached hydrogens (tertiary/aromatic N) is 4. The van der Waals surface area contributed by atoms with Crippen molar-refractivity contribution < 1.29 is 21.6 Å². The molecule has 2 aromatic heterocycles.